The quantitative estimate of drug-likeness (QED) is 0.623. The molecule has 2 nitrogen and oxygen atoms in total. The summed E-state index contributed by atoms with van der Waals surface area (Å²) in [6, 6.07) is 6.23. The molecule has 0 atom stereocenters. The van der Waals surface area contributed by atoms with Crippen molar-refractivity contribution < 1.29 is 9.47 Å². The first-order valence-electron chi connectivity index (χ1n) is 4.87. The molecule has 0 heterocycles. The van der Waals surface area contributed by atoms with E-state index in [2.05, 4.69) is 45.3 Å². The number of methoxy groups -OCH3 is 1. The van der Waals surface area contributed by atoms with Crippen LogP contribution >= 0.6 is 15.9 Å². The first kappa shape index (κ1) is 13.1. The molecule has 0 saturated heterocycles. The van der Waals surface area contributed by atoms with E-state index in [0.29, 0.717) is 6.79 Å². The summed E-state index contributed by atoms with van der Waals surface area (Å²) < 4.78 is 12.9. The number of hydrogen-bond donors (Lipinski definition) is 0. The molecule has 0 N–H and O–H groups in total. The molecule has 0 aliphatic rings. The van der Waals surface area contributed by atoms with Gasteiger partial charge in [-0.15, -0.1) is 0 Å². The second kappa shape index (κ2) is 5.37. The van der Waals surface area contributed by atoms with E-state index in [1.807, 2.05) is 6.07 Å². The Balaban J connectivity index is 3.09. The van der Waals surface area contributed by atoms with Gasteiger partial charge >= 0.3 is 103 Å². The van der Waals surface area contributed by atoms with Gasteiger partial charge in [-0.2, -0.15) is 0 Å². The van der Waals surface area contributed by atoms with Crippen molar-refractivity contribution in [3.05, 3.63) is 22.7 Å². The Kier molecular flexibility index (Phi) is 4.68. The van der Waals surface area contributed by atoms with Crippen LogP contribution in [0, 0.1) is 0 Å². The van der Waals surface area contributed by atoms with Crippen molar-refractivity contribution in [1.29, 1.82) is 0 Å². The second-order valence-electron chi connectivity index (χ2n) is 4.42. The predicted molar refractivity (Wildman–Crippen MR) is 69.6 cm³/mol. The van der Waals surface area contributed by atoms with E-state index in [1.165, 1.54) is 4.40 Å². The third kappa shape index (κ3) is 3.50. The van der Waals surface area contributed by atoms with Crippen LogP contribution in [0.5, 0.6) is 5.75 Å². The van der Waals surface area contributed by atoms with Crippen LogP contribution in [0.1, 0.15) is 0 Å². The monoisotopic (exact) mass is 334 g/mol. The van der Waals surface area contributed by atoms with Crippen molar-refractivity contribution in [2.24, 2.45) is 0 Å². The molecule has 15 heavy (non-hydrogen) atoms. The van der Waals surface area contributed by atoms with Gasteiger partial charge in [0, 0.05) is 0 Å². The predicted octanol–water partition coefficient (Wildman–Crippen LogP) is 2.98. The number of ether oxygens (including phenoxy) is 2. The average Bonchev–Trinajstić information content (AvgIpc) is 2.14. The molecular weight excluding hydrogens is 317 g/mol. The fraction of sp³-hybridized carbons (Fsp3) is 0.455. The van der Waals surface area contributed by atoms with E-state index in [1.54, 1.807) is 7.11 Å². The van der Waals surface area contributed by atoms with Gasteiger partial charge in [0.05, 0.1) is 0 Å². The summed E-state index contributed by atoms with van der Waals surface area (Å²) in [4.78, 5) is 0. The standard InChI is InChI=1S/C11H17BrGeO2/c1-13(2,3)10-7-5-6-9(12)11(10)15-8-14-4/h5-7H,8H2,1-4H3. The molecule has 0 aliphatic heterocycles. The molecule has 0 aliphatic carbocycles. The molecular formula is C11H17BrGeO2. The first-order chi connectivity index (χ1) is 6.96. The zero-order valence-corrected chi connectivity index (χ0v) is 13.3. The Morgan fingerprint density at radius 3 is 2.47 bits per heavy atom. The normalized spacial score (nSPS) is 11.5. The average molecular weight is 334 g/mol. The van der Waals surface area contributed by atoms with E-state index in [9.17, 15) is 0 Å². The zero-order valence-electron chi connectivity index (χ0n) is 9.63. The second-order valence-corrected chi connectivity index (χ2v) is 15.8. The van der Waals surface area contributed by atoms with Crippen LogP contribution in [0.2, 0.25) is 17.3 Å². The van der Waals surface area contributed by atoms with Gasteiger partial charge in [0.1, 0.15) is 0 Å². The van der Waals surface area contributed by atoms with E-state index in [0.717, 1.165) is 10.2 Å². The Bertz CT molecular complexity index is 334. The molecule has 0 radical (unpaired) electrons. The van der Waals surface area contributed by atoms with Crippen LogP contribution in [0.25, 0.3) is 0 Å². The van der Waals surface area contributed by atoms with Gasteiger partial charge < -0.3 is 0 Å². The Morgan fingerprint density at radius 2 is 1.93 bits per heavy atom. The van der Waals surface area contributed by atoms with Gasteiger partial charge in [0.15, 0.2) is 0 Å². The van der Waals surface area contributed by atoms with Crippen LogP contribution in [0.15, 0.2) is 22.7 Å². The van der Waals surface area contributed by atoms with Gasteiger partial charge in [-0.05, 0) is 0 Å². The van der Waals surface area contributed by atoms with Crippen LogP contribution in [0.4, 0.5) is 0 Å². The summed E-state index contributed by atoms with van der Waals surface area (Å²) in [7, 11) is 1.63. The Morgan fingerprint density at radius 1 is 1.27 bits per heavy atom. The van der Waals surface area contributed by atoms with Crippen LogP contribution in [0.3, 0.4) is 0 Å². The van der Waals surface area contributed by atoms with Gasteiger partial charge in [-0.1, -0.05) is 0 Å². The molecule has 1 aromatic rings. The zero-order chi connectivity index (χ0) is 11.5. The summed E-state index contributed by atoms with van der Waals surface area (Å²) in [6.07, 6.45) is 0. The molecule has 1 rings (SSSR count). The van der Waals surface area contributed by atoms with Crippen molar-refractivity contribution >= 4 is 33.6 Å². The number of hydrogen-bond acceptors (Lipinski definition) is 2. The summed E-state index contributed by atoms with van der Waals surface area (Å²) in [6.45, 7) is 0.300. The van der Waals surface area contributed by atoms with Crippen LogP contribution in [-0.2, 0) is 4.74 Å². The van der Waals surface area contributed by atoms with Crippen LogP contribution < -0.4 is 9.13 Å². The van der Waals surface area contributed by atoms with Crippen molar-refractivity contribution in [1.82, 2.24) is 0 Å². The van der Waals surface area contributed by atoms with E-state index >= 15 is 0 Å². The summed E-state index contributed by atoms with van der Waals surface area (Å²) in [5.41, 5.74) is 0. The summed E-state index contributed by atoms with van der Waals surface area (Å²) in [5.74, 6) is 8.00. The van der Waals surface area contributed by atoms with Gasteiger partial charge in [-0.3, -0.25) is 0 Å². The van der Waals surface area contributed by atoms with Gasteiger partial charge in [-0.25, -0.2) is 0 Å². The molecule has 0 fully saturated rings. The molecule has 0 aromatic heterocycles. The molecule has 0 bridgehead atoms. The minimum absolute atomic E-state index is 0.300. The SMILES string of the molecule is COCOc1c(Br)ccc[c]1[Ge]([CH3])([CH3])[CH3]. The summed E-state index contributed by atoms with van der Waals surface area (Å²) in [5, 5.41) is 0. The number of rotatable bonds is 4. The number of halogens is 1. The fourth-order valence-corrected chi connectivity index (χ4v) is 5.34. The van der Waals surface area contributed by atoms with Crippen molar-refractivity contribution in [3.8, 4) is 5.75 Å². The number of para-hydroxylation sites is 1. The molecule has 84 valence electrons. The molecule has 0 spiro atoms. The fourth-order valence-electron chi connectivity index (χ4n) is 1.36. The van der Waals surface area contributed by atoms with Gasteiger partial charge in [0.2, 0.25) is 0 Å². The maximum absolute atomic E-state index is 5.62. The summed E-state index contributed by atoms with van der Waals surface area (Å²) >= 11 is 1.65. The van der Waals surface area contributed by atoms with E-state index in [4.69, 9.17) is 9.47 Å². The molecule has 4 heteroatoms. The van der Waals surface area contributed by atoms with Crippen LogP contribution in [-0.4, -0.2) is 27.2 Å². The molecule has 1 aromatic carbocycles. The molecule has 0 unspecified atom stereocenters. The van der Waals surface area contributed by atoms with Gasteiger partial charge in [0.25, 0.3) is 0 Å². The Hall–Kier alpha value is 0.00286. The Labute approximate surface area is 102 Å². The first-order valence-corrected chi connectivity index (χ1v) is 13.0. The topological polar surface area (TPSA) is 18.5 Å². The number of benzene rings is 1. The van der Waals surface area contributed by atoms with Crippen molar-refractivity contribution in [2.45, 2.75) is 17.3 Å². The van der Waals surface area contributed by atoms with Crippen molar-refractivity contribution in [3.63, 3.8) is 0 Å². The molecule has 0 amide bonds. The van der Waals surface area contributed by atoms with Crippen molar-refractivity contribution in [2.75, 3.05) is 13.9 Å². The third-order valence-electron chi connectivity index (χ3n) is 2.10. The van der Waals surface area contributed by atoms with E-state index in [-0.39, 0.29) is 0 Å². The maximum atomic E-state index is 5.62. The molecule has 0 saturated carbocycles. The third-order valence-corrected chi connectivity index (χ3v) is 6.94. The minimum atomic E-state index is -1.87. The van der Waals surface area contributed by atoms with E-state index < -0.39 is 13.3 Å².